The van der Waals surface area contributed by atoms with Crippen LogP contribution in [-0.2, 0) is 9.53 Å². The lowest BCUT2D eigenvalue weighted by atomic mass is 10.1. The minimum atomic E-state index is -0.695. The molecule has 0 saturated carbocycles. The summed E-state index contributed by atoms with van der Waals surface area (Å²) in [7, 11) is 4.34. The van der Waals surface area contributed by atoms with Gasteiger partial charge in [-0.2, -0.15) is 0 Å². The molecule has 1 amide bonds. The van der Waals surface area contributed by atoms with Crippen LogP contribution in [0.15, 0.2) is 36.4 Å². The van der Waals surface area contributed by atoms with Crippen LogP contribution in [0, 0.1) is 0 Å². The highest BCUT2D eigenvalue weighted by Crippen LogP contribution is 2.38. The van der Waals surface area contributed by atoms with E-state index in [1.807, 2.05) is 12.1 Å². The first-order chi connectivity index (χ1) is 13.4. The molecule has 0 spiro atoms. The maximum atomic E-state index is 12.3. The number of rotatable bonds is 8. The molecule has 1 atom stereocenters. The molecule has 2 aromatic carbocycles. The zero-order valence-corrected chi connectivity index (χ0v) is 16.8. The van der Waals surface area contributed by atoms with Gasteiger partial charge in [0.1, 0.15) is 0 Å². The third-order valence-corrected chi connectivity index (χ3v) is 4.33. The molecule has 28 heavy (non-hydrogen) atoms. The molecular weight excluding hydrogens is 386 g/mol. The Labute approximate surface area is 168 Å². The second kappa shape index (κ2) is 9.85. The van der Waals surface area contributed by atoms with Gasteiger partial charge in [0.05, 0.1) is 32.9 Å². The standard InChI is InChI=1S/C20H22ClNO6/c1-12(14-7-5-6-8-15(14)21)22-18(23)11-28-20(24)13-9-16(25-2)19(27-4)17(10-13)26-3/h5-10,12H,11H2,1-4H3,(H,22,23)/t12-/m1/s1. The van der Waals surface area contributed by atoms with E-state index in [0.29, 0.717) is 22.3 Å². The monoisotopic (exact) mass is 407 g/mol. The van der Waals surface area contributed by atoms with Crippen LogP contribution in [0.25, 0.3) is 0 Å². The molecule has 0 bridgehead atoms. The smallest absolute Gasteiger partial charge is 0.338 e. The van der Waals surface area contributed by atoms with Crippen LogP contribution in [0.4, 0.5) is 0 Å². The third-order valence-electron chi connectivity index (χ3n) is 3.98. The van der Waals surface area contributed by atoms with Gasteiger partial charge in [0.2, 0.25) is 5.75 Å². The van der Waals surface area contributed by atoms with Crippen LogP contribution in [0.5, 0.6) is 17.2 Å². The number of halogens is 1. The molecule has 7 nitrogen and oxygen atoms in total. The molecule has 0 aromatic heterocycles. The molecule has 0 radical (unpaired) electrons. The Hall–Kier alpha value is -2.93. The third kappa shape index (κ3) is 5.07. The van der Waals surface area contributed by atoms with Gasteiger partial charge in [0.15, 0.2) is 18.1 Å². The van der Waals surface area contributed by atoms with E-state index in [9.17, 15) is 9.59 Å². The number of nitrogens with one attached hydrogen (secondary N) is 1. The highest BCUT2D eigenvalue weighted by Gasteiger charge is 2.19. The van der Waals surface area contributed by atoms with Crippen molar-refractivity contribution in [1.82, 2.24) is 5.32 Å². The summed E-state index contributed by atoms with van der Waals surface area (Å²) < 4.78 is 20.7. The van der Waals surface area contributed by atoms with Gasteiger partial charge in [0.25, 0.3) is 5.91 Å². The summed E-state index contributed by atoms with van der Waals surface area (Å²) in [6.45, 7) is 1.35. The maximum Gasteiger partial charge on any atom is 0.338 e. The number of hydrogen-bond acceptors (Lipinski definition) is 6. The van der Waals surface area contributed by atoms with Crippen LogP contribution in [-0.4, -0.2) is 39.8 Å². The predicted molar refractivity (Wildman–Crippen MR) is 104 cm³/mol. The van der Waals surface area contributed by atoms with Gasteiger partial charge < -0.3 is 24.3 Å². The highest BCUT2D eigenvalue weighted by molar-refractivity contribution is 6.31. The van der Waals surface area contributed by atoms with Crippen LogP contribution in [0.1, 0.15) is 28.9 Å². The van der Waals surface area contributed by atoms with E-state index < -0.39 is 18.5 Å². The lowest BCUT2D eigenvalue weighted by Crippen LogP contribution is -2.31. The minimum Gasteiger partial charge on any atom is -0.493 e. The van der Waals surface area contributed by atoms with Gasteiger partial charge in [-0.1, -0.05) is 29.8 Å². The summed E-state index contributed by atoms with van der Waals surface area (Å²) in [6.07, 6.45) is 0. The van der Waals surface area contributed by atoms with Gasteiger partial charge in [-0.05, 0) is 30.7 Å². The molecule has 0 aliphatic heterocycles. The number of methoxy groups -OCH3 is 3. The van der Waals surface area contributed by atoms with Crippen LogP contribution >= 0.6 is 11.6 Å². The van der Waals surface area contributed by atoms with Gasteiger partial charge in [-0.25, -0.2) is 4.79 Å². The quantitative estimate of drug-likeness (QED) is 0.675. The van der Waals surface area contributed by atoms with Crippen molar-refractivity contribution in [3.05, 3.63) is 52.5 Å². The van der Waals surface area contributed by atoms with E-state index in [4.69, 9.17) is 30.5 Å². The summed E-state index contributed by atoms with van der Waals surface area (Å²) in [5.41, 5.74) is 0.940. The molecule has 0 unspecified atom stereocenters. The molecule has 2 aromatic rings. The van der Waals surface area contributed by atoms with Crippen molar-refractivity contribution < 1.29 is 28.5 Å². The average molecular weight is 408 g/mol. The Morgan fingerprint density at radius 1 is 1.04 bits per heavy atom. The molecule has 150 valence electrons. The van der Waals surface area contributed by atoms with Crippen molar-refractivity contribution in [2.75, 3.05) is 27.9 Å². The first-order valence-electron chi connectivity index (χ1n) is 8.42. The Balaban J connectivity index is 2.01. The van der Waals surface area contributed by atoms with Crippen LogP contribution in [0.3, 0.4) is 0 Å². The second-order valence-electron chi connectivity index (χ2n) is 5.80. The molecule has 8 heteroatoms. The SMILES string of the molecule is COc1cc(C(=O)OCC(=O)N[C@H](C)c2ccccc2Cl)cc(OC)c1OC. The number of esters is 1. The van der Waals surface area contributed by atoms with Crippen molar-refractivity contribution in [3.63, 3.8) is 0 Å². The number of carbonyl (C=O) groups is 2. The lowest BCUT2D eigenvalue weighted by Gasteiger charge is -2.16. The Kier molecular flexibility index (Phi) is 7.52. The molecule has 2 rings (SSSR count). The highest BCUT2D eigenvalue weighted by atomic mass is 35.5. The molecule has 0 aliphatic rings. The summed E-state index contributed by atoms with van der Waals surface area (Å²) in [5, 5.41) is 3.28. The molecule has 0 heterocycles. The number of hydrogen-bond donors (Lipinski definition) is 1. The summed E-state index contributed by atoms with van der Waals surface area (Å²) in [6, 6.07) is 9.76. The van der Waals surface area contributed by atoms with Crippen LogP contribution in [0.2, 0.25) is 5.02 Å². The maximum absolute atomic E-state index is 12.3. The number of amides is 1. The fraction of sp³-hybridized carbons (Fsp3) is 0.300. The van der Waals surface area contributed by atoms with E-state index in [1.54, 1.807) is 19.1 Å². The Bertz CT molecular complexity index is 829. The fourth-order valence-corrected chi connectivity index (χ4v) is 2.90. The molecular formula is C20H22ClNO6. The Morgan fingerprint density at radius 3 is 2.18 bits per heavy atom. The zero-order valence-electron chi connectivity index (χ0n) is 16.1. The van der Waals surface area contributed by atoms with Crippen LogP contribution < -0.4 is 19.5 Å². The minimum absolute atomic E-state index is 0.168. The molecule has 1 N–H and O–H groups in total. The topological polar surface area (TPSA) is 83.1 Å². The molecule has 0 fully saturated rings. The van der Waals surface area contributed by atoms with Gasteiger partial charge in [-0.3, -0.25) is 4.79 Å². The number of benzene rings is 2. The average Bonchev–Trinajstić information content (AvgIpc) is 2.70. The lowest BCUT2D eigenvalue weighted by molar-refractivity contribution is -0.124. The van der Waals surface area contributed by atoms with E-state index in [-0.39, 0.29) is 11.6 Å². The van der Waals surface area contributed by atoms with Gasteiger partial charge in [-0.15, -0.1) is 0 Å². The van der Waals surface area contributed by atoms with Crippen molar-refractivity contribution >= 4 is 23.5 Å². The van der Waals surface area contributed by atoms with Crippen molar-refractivity contribution in [1.29, 1.82) is 0 Å². The van der Waals surface area contributed by atoms with Crippen molar-refractivity contribution in [2.24, 2.45) is 0 Å². The van der Waals surface area contributed by atoms with E-state index in [1.165, 1.54) is 33.5 Å². The largest absolute Gasteiger partial charge is 0.493 e. The van der Waals surface area contributed by atoms with Crippen molar-refractivity contribution in [2.45, 2.75) is 13.0 Å². The van der Waals surface area contributed by atoms with Gasteiger partial charge in [0, 0.05) is 5.02 Å². The van der Waals surface area contributed by atoms with E-state index in [0.717, 1.165) is 5.56 Å². The first-order valence-corrected chi connectivity index (χ1v) is 8.80. The summed E-state index contributed by atoms with van der Waals surface area (Å²) in [5.74, 6) is -0.169. The summed E-state index contributed by atoms with van der Waals surface area (Å²) >= 11 is 6.12. The molecule has 0 aliphatic carbocycles. The number of carbonyl (C=O) groups excluding carboxylic acids is 2. The predicted octanol–water partition coefficient (Wildman–Crippen LogP) is 3.40. The van der Waals surface area contributed by atoms with E-state index in [2.05, 4.69) is 5.32 Å². The second-order valence-corrected chi connectivity index (χ2v) is 6.21. The normalized spacial score (nSPS) is 11.3. The number of ether oxygens (including phenoxy) is 4. The summed E-state index contributed by atoms with van der Waals surface area (Å²) in [4.78, 5) is 24.4. The van der Waals surface area contributed by atoms with Crippen molar-refractivity contribution in [3.8, 4) is 17.2 Å². The molecule has 0 saturated heterocycles. The fourth-order valence-electron chi connectivity index (χ4n) is 2.60. The van der Waals surface area contributed by atoms with E-state index >= 15 is 0 Å². The first kappa shape index (κ1) is 21.4. The Morgan fingerprint density at radius 2 is 1.64 bits per heavy atom. The van der Waals surface area contributed by atoms with Gasteiger partial charge >= 0.3 is 5.97 Å². The zero-order chi connectivity index (χ0) is 20.7.